The number of benzene rings is 1. The van der Waals surface area contributed by atoms with Gasteiger partial charge in [0.1, 0.15) is 11.5 Å². The van der Waals surface area contributed by atoms with Crippen LogP contribution in [0.3, 0.4) is 0 Å². The third kappa shape index (κ3) is 4.31. The van der Waals surface area contributed by atoms with Crippen molar-refractivity contribution in [1.29, 1.82) is 0 Å². The summed E-state index contributed by atoms with van der Waals surface area (Å²) in [5.74, 6) is -0.343. The van der Waals surface area contributed by atoms with Crippen molar-refractivity contribution in [2.75, 3.05) is 0 Å². The van der Waals surface area contributed by atoms with Gasteiger partial charge in [0.25, 0.3) is 0 Å². The van der Waals surface area contributed by atoms with Crippen molar-refractivity contribution in [2.24, 2.45) is 5.10 Å². The Hall–Kier alpha value is -2.89. The van der Waals surface area contributed by atoms with E-state index in [9.17, 15) is 9.59 Å². The predicted octanol–water partition coefficient (Wildman–Crippen LogP) is 1.92. The van der Waals surface area contributed by atoms with Crippen LogP contribution in [0.25, 0.3) is 0 Å². The zero-order valence-corrected chi connectivity index (χ0v) is 12.4. The first-order valence-electron chi connectivity index (χ1n) is 6.81. The van der Waals surface area contributed by atoms with Gasteiger partial charge in [0.2, 0.25) is 0 Å². The van der Waals surface area contributed by atoms with Gasteiger partial charge in [-0.05, 0) is 31.5 Å². The number of hydrogen-bond acceptors (Lipinski definition) is 4. The Morgan fingerprint density at radius 2 is 1.86 bits per heavy atom. The quantitative estimate of drug-likeness (QED) is 0.514. The maximum absolute atomic E-state index is 11.8. The first-order valence-corrected chi connectivity index (χ1v) is 6.81. The van der Waals surface area contributed by atoms with Gasteiger partial charge in [-0.25, -0.2) is 5.43 Å². The molecule has 114 valence electrons. The largest absolute Gasteiger partial charge is 0.460 e. The van der Waals surface area contributed by atoms with Crippen LogP contribution in [-0.4, -0.2) is 18.0 Å². The molecule has 6 heteroatoms. The molecule has 1 aromatic heterocycles. The van der Waals surface area contributed by atoms with Gasteiger partial charge >= 0.3 is 11.8 Å². The minimum absolute atomic E-state index is 0.267. The monoisotopic (exact) mass is 299 g/mol. The highest BCUT2D eigenvalue weighted by Crippen LogP contribution is 2.10. The van der Waals surface area contributed by atoms with Gasteiger partial charge in [-0.1, -0.05) is 30.3 Å². The molecule has 0 saturated heterocycles. The fourth-order valence-electron chi connectivity index (χ4n) is 1.82. The van der Waals surface area contributed by atoms with Gasteiger partial charge in [0.15, 0.2) is 0 Å². The molecule has 0 unspecified atom stereocenters. The van der Waals surface area contributed by atoms with Crippen LogP contribution in [0.15, 0.2) is 52.0 Å². The fraction of sp³-hybridized carbons (Fsp3) is 0.188. The van der Waals surface area contributed by atoms with Gasteiger partial charge in [0, 0.05) is 0 Å². The maximum atomic E-state index is 11.8. The van der Waals surface area contributed by atoms with Crippen LogP contribution in [0.4, 0.5) is 0 Å². The molecular formula is C16H17N3O3. The molecule has 2 N–H and O–H groups in total. The standard InChI is InChI=1S/C16H17N3O3/c1-11-8-9-14(22-11)10-17-19-16(21)15(20)18-12(2)13-6-4-3-5-7-13/h3-10,12H,1-2H3,(H,18,20)(H,19,21)/b17-10-/t12-/m1/s1. The molecule has 0 aliphatic rings. The summed E-state index contributed by atoms with van der Waals surface area (Å²) >= 11 is 0. The highest BCUT2D eigenvalue weighted by Gasteiger charge is 2.16. The molecule has 6 nitrogen and oxygen atoms in total. The van der Waals surface area contributed by atoms with Crippen molar-refractivity contribution in [2.45, 2.75) is 19.9 Å². The lowest BCUT2D eigenvalue weighted by atomic mass is 10.1. The van der Waals surface area contributed by atoms with Gasteiger partial charge in [-0.2, -0.15) is 5.10 Å². The highest BCUT2D eigenvalue weighted by atomic mass is 16.3. The first-order chi connectivity index (χ1) is 10.6. The summed E-state index contributed by atoms with van der Waals surface area (Å²) in [6, 6.07) is 12.6. The van der Waals surface area contributed by atoms with E-state index in [-0.39, 0.29) is 6.04 Å². The number of hydrazone groups is 1. The minimum atomic E-state index is -0.831. The molecule has 0 bridgehead atoms. The number of rotatable bonds is 4. The van der Waals surface area contributed by atoms with E-state index in [0.29, 0.717) is 5.76 Å². The molecule has 2 rings (SSSR count). The van der Waals surface area contributed by atoms with E-state index < -0.39 is 11.8 Å². The Balaban J connectivity index is 1.84. The second kappa shape index (κ2) is 7.21. The number of nitrogens with zero attached hydrogens (tertiary/aromatic N) is 1. The number of amides is 2. The smallest absolute Gasteiger partial charge is 0.329 e. The van der Waals surface area contributed by atoms with Crippen molar-refractivity contribution in [3.63, 3.8) is 0 Å². The number of carbonyl (C=O) groups excluding carboxylic acids is 2. The van der Waals surface area contributed by atoms with Gasteiger partial charge < -0.3 is 9.73 Å². The van der Waals surface area contributed by atoms with Crippen molar-refractivity contribution >= 4 is 18.0 Å². The fourth-order valence-corrected chi connectivity index (χ4v) is 1.82. The van der Waals surface area contributed by atoms with Crippen LogP contribution in [0.2, 0.25) is 0 Å². The SMILES string of the molecule is Cc1ccc(/C=N\NC(=O)C(=O)N[C@H](C)c2ccccc2)o1. The molecule has 2 aromatic rings. The van der Waals surface area contributed by atoms with E-state index in [4.69, 9.17) is 4.42 Å². The third-order valence-electron chi connectivity index (χ3n) is 2.97. The van der Waals surface area contributed by atoms with E-state index >= 15 is 0 Å². The van der Waals surface area contributed by atoms with Crippen molar-refractivity contribution in [3.05, 3.63) is 59.5 Å². The summed E-state index contributed by atoms with van der Waals surface area (Å²) < 4.78 is 5.25. The van der Waals surface area contributed by atoms with E-state index in [1.807, 2.05) is 30.3 Å². The average molecular weight is 299 g/mol. The van der Waals surface area contributed by atoms with E-state index in [0.717, 1.165) is 11.3 Å². The summed E-state index contributed by atoms with van der Waals surface area (Å²) in [7, 11) is 0. The summed E-state index contributed by atoms with van der Waals surface area (Å²) in [6.45, 7) is 3.60. The van der Waals surface area contributed by atoms with Crippen LogP contribution in [-0.2, 0) is 9.59 Å². The molecule has 0 saturated carbocycles. The number of carbonyl (C=O) groups is 2. The van der Waals surface area contributed by atoms with Crippen LogP contribution in [0, 0.1) is 6.92 Å². The van der Waals surface area contributed by atoms with E-state index in [1.54, 1.807) is 26.0 Å². The average Bonchev–Trinajstić information content (AvgIpc) is 2.93. The molecule has 0 radical (unpaired) electrons. The zero-order chi connectivity index (χ0) is 15.9. The molecule has 0 fully saturated rings. The van der Waals surface area contributed by atoms with Crippen LogP contribution in [0.1, 0.15) is 30.0 Å². The number of nitrogens with one attached hydrogen (secondary N) is 2. The molecule has 1 heterocycles. The van der Waals surface area contributed by atoms with Crippen molar-refractivity contribution in [3.8, 4) is 0 Å². The molecule has 22 heavy (non-hydrogen) atoms. The van der Waals surface area contributed by atoms with Gasteiger partial charge in [-0.15, -0.1) is 0 Å². The zero-order valence-electron chi connectivity index (χ0n) is 12.4. The lowest BCUT2D eigenvalue weighted by Crippen LogP contribution is -2.39. The Labute approximate surface area is 128 Å². The molecular weight excluding hydrogens is 282 g/mol. The lowest BCUT2D eigenvalue weighted by Gasteiger charge is -2.13. The van der Waals surface area contributed by atoms with Crippen LogP contribution >= 0.6 is 0 Å². The van der Waals surface area contributed by atoms with Crippen molar-refractivity contribution < 1.29 is 14.0 Å². The molecule has 1 atom stereocenters. The third-order valence-corrected chi connectivity index (χ3v) is 2.97. The van der Waals surface area contributed by atoms with Gasteiger partial charge in [0.05, 0.1) is 12.3 Å². The van der Waals surface area contributed by atoms with Crippen LogP contribution in [0.5, 0.6) is 0 Å². The summed E-state index contributed by atoms with van der Waals surface area (Å²) in [6.07, 6.45) is 1.33. The molecule has 1 aromatic carbocycles. The Morgan fingerprint density at radius 1 is 1.14 bits per heavy atom. The predicted molar refractivity (Wildman–Crippen MR) is 82.2 cm³/mol. The van der Waals surface area contributed by atoms with E-state index in [2.05, 4.69) is 15.8 Å². The Kier molecular flexibility index (Phi) is 5.08. The molecule has 0 aliphatic carbocycles. The minimum Gasteiger partial charge on any atom is -0.460 e. The molecule has 0 spiro atoms. The summed E-state index contributed by atoms with van der Waals surface area (Å²) in [5.41, 5.74) is 3.07. The molecule has 0 aliphatic heterocycles. The summed E-state index contributed by atoms with van der Waals surface area (Å²) in [5, 5.41) is 6.28. The summed E-state index contributed by atoms with van der Waals surface area (Å²) in [4.78, 5) is 23.4. The second-order valence-electron chi connectivity index (χ2n) is 4.75. The maximum Gasteiger partial charge on any atom is 0.329 e. The number of aryl methyl sites for hydroxylation is 1. The topological polar surface area (TPSA) is 83.7 Å². The Bertz CT molecular complexity index is 677. The first kappa shape index (κ1) is 15.5. The normalized spacial score (nSPS) is 12.1. The van der Waals surface area contributed by atoms with Gasteiger partial charge in [-0.3, -0.25) is 9.59 Å². The Morgan fingerprint density at radius 3 is 2.50 bits per heavy atom. The lowest BCUT2D eigenvalue weighted by molar-refractivity contribution is -0.139. The highest BCUT2D eigenvalue weighted by molar-refractivity contribution is 6.35. The van der Waals surface area contributed by atoms with E-state index in [1.165, 1.54) is 6.21 Å². The van der Waals surface area contributed by atoms with Crippen LogP contribution < -0.4 is 10.7 Å². The number of furan rings is 1. The second-order valence-corrected chi connectivity index (χ2v) is 4.75. The van der Waals surface area contributed by atoms with Crippen molar-refractivity contribution in [1.82, 2.24) is 10.7 Å². The molecule has 2 amide bonds. The number of hydrogen-bond donors (Lipinski definition) is 2.